The van der Waals surface area contributed by atoms with Gasteiger partial charge in [0.15, 0.2) is 0 Å². The summed E-state index contributed by atoms with van der Waals surface area (Å²) in [6, 6.07) is 8.69. The van der Waals surface area contributed by atoms with E-state index in [0.717, 1.165) is 11.1 Å². The molecule has 0 radical (unpaired) electrons. The van der Waals surface area contributed by atoms with Gasteiger partial charge >= 0.3 is 0 Å². The summed E-state index contributed by atoms with van der Waals surface area (Å²) < 4.78 is 0. The molecule has 0 atom stereocenters. The first-order valence-electron chi connectivity index (χ1n) is 7.60. The van der Waals surface area contributed by atoms with Gasteiger partial charge in [-0.1, -0.05) is 35.4 Å². The van der Waals surface area contributed by atoms with Gasteiger partial charge in [-0.05, 0) is 63.8 Å². The van der Waals surface area contributed by atoms with Gasteiger partial charge in [-0.3, -0.25) is 0 Å². The Labute approximate surface area is 133 Å². The van der Waals surface area contributed by atoms with E-state index in [1.54, 1.807) is 0 Å². The Morgan fingerprint density at radius 3 is 1.09 bits per heavy atom. The second-order valence-electron chi connectivity index (χ2n) is 6.11. The minimum atomic E-state index is 1.15. The molecule has 0 spiro atoms. The summed E-state index contributed by atoms with van der Waals surface area (Å²) in [4.78, 5) is 0. The predicted molar refractivity (Wildman–Crippen MR) is 96.5 cm³/mol. The second-order valence-corrected chi connectivity index (χ2v) is 6.11. The summed E-state index contributed by atoms with van der Waals surface area (Å²) in [5, 5.41) is 8.47. The first kappa shape index (κ1) is 16.2. The smallest absolute Gasteiger partial charge is 0.0573 e. The first-order valence-corrected chi connectivity index (χ1v) is 7.60. The molecule has 114 valence electrons. The number of aryl methyl sites for hydroxylation is 6. The van der Waals surface area contributed by atoms with Crippen LogP contribution in [0.4, 0.5) is 0 Å². The van der Waals surface area contributed by atoms with Crippen molar-refractivity contribution in [3.8, 4) is 0 Å². The van der Waals surface area contributed by atoms with Crippen LogP contribution in [-0.4, -0.2) is 12.4 Å². The van der Waals surface area contributed by atoms with Crippen molar-refractivity contribution < 1.29 is 0 Å². The van der Waals surface area contributed by atoms with E-state index in [0.29, 0.717) is 0 Å². The van der Waals surface area contributed by atoms with Gasteiger partial charge < -0.3 is 0 Å². The molecule has 2 aromatic carbocycles. The average molecular weight is 292 g/mol. The molecule has 2 rings (SSSR count). The van der Waals surface area contributed by atoms with E-state index in [-0.39, 0.29) is 0 Å². The third kappa shape index (κ3) is 3.70. The fourth-order valence-corrected chi connectivity index (χ4v) is 2.97. The molecule has 0 saturated carbocycles. The molecule has 0 N–H and O–H groups in total. The fraction of sp³-hybridized carbons (Fsp3) is 0.300. The lowest BCUT2D eigenvalue weighted by Gasteiger charge is -2.06. The monoisotopic (exact) mass is 292 g/mol. The summed E-state index contributed by atoms with van der Waals surface area (Å²) in [5.41, 5.74) is 9.81. The van der Waals surface area contributed by atoms with Crippen molar-refractivity contribution in [2.24, 2.45) is 10.2 Å². The van der Waals surface area contributed by atoms with Gasteiger partial charge in [0, 0.05) is 11.1 Å². The van der Waals surface area contributed by atoms with Crippen molar-refractivity contribution >= 4 is 12.4 Å². The van der Waals surface area contributed by atoms with Crippen molar-refractivity contribution in [3.63, 3.8) is 0 Å². The number of hydrogen-bond acceptors (Lipinski definition) is 2. The highest BCUT2D eigenvalue weighted by Crippen LogP contribution is 2.15. The molecule has 0 bridgehead atoms. The van der Waals surface area contributed by atoms with Crippen LogP contribution in [0.2, 0.25) is 0 Å². The van der Waals surface area contributed by atoms with E-state index in [2.05, 4.69) is 76.0 Å². The zero-order valence-electron chi connectivity index (χ0n) is 14.4. The quantitative estimate of drug-likeness (QED) is 0.562. The fourth-order valence-electron chi connectivity index (χ4n) is 2.97. The van der Waals surface area contributed by atoms with Crippen molar-refractivity contribution in [3.05, 3.63) is 68.8 Å². The third-order valence-corrected chi connectivity index (χ3v) is 3.92. The van der Waals surface area contributed by atoms with Crippen LogP contribution in [0.5, 0.6) is 0 Å². The van der Waals surface area contributed by atoms with E-state index in [1.165, 1.54) is 33.4 Å². The van der Waals surface area contributed by atoms with Gasteiger partial charge in [0.1, 0.15) is 0 Å². The van der Waals surface area contributed by atoms with E-state index < -0.39 is 0 Å². The topological polar surface area (TPSA) is 24.7 Å². The predicted octanol–water partition coefficient (Wildman–Crippen LogP) is 4.99. The third-order valence-electron chi connectivity index (χ3n) is 3.92. The maximum absolute atomic E-state index is 4.24. The Morgan fingerprint density at radius 2 is 0.818 bits per heavy atom. The zero-order chi connectivity index (χ0) is 16.3. The molecule has 2 nitrogen and oxygen atoms in total. The Balaban J connectivity index is 2.24. The lowest BCUT2D eigenvalue weighted by Crippen LogP contribution is -1.94. The van der Waals surface area contributed by atoms with Crippen LogP contribution < -0.4 is 0 Å². The summed E-state index contributed by atoms with van der Waals surface area (Å²) in [7, 11) is 0. The van der Waals surface area contributed by atoms with Crippen LogP contribution in [0.3, 0.4) is 0 Å². The maximum Gasteiger partial charge on any atom is 0.0573 e. The van der Waals surface area contributed by atoms with Crippen molar-refractivity contribution in [2.45, 2.75) is 41.5 Å². The van der Waals surface area contributed by atoms with Crippen LogP contribution in [-0.2, 0) is 0 Å². The Hall–Kier alpha value is -2.22. The Bertz CT molecular complexity index is 641. The SMILES string of the molecule is Cc1cc(C)c(C=NN=Cc2c(C)cc(C)cc2C)c(C)c1. The molecule has 0 aliphatic heterocycles. The van der Waals surface area contributed by atoms with E-state index >= 15 is 0 Å². The molecule has 0 fully saturated rings. The normalized spacial score (nSPS) is 11.7. The summed E-state index contributed by atoms with van der Waals surface area (Å²) >= 11 is 0. The van der Waals surface area contributed by atoms with Gasteiger partial charge in [0.05, 0.1) is 12.4 Å². The molecule has 0 saturated heterocycles. The van der Waals surface area contributed by atoms with Gasteiger partial charge in [-0.15, -0.1) is 0 Å². The molecule has 0 amide bonds. The standard InChI is InChI=1S/C20H24N2/c1-13-7-15(3)19(16(4)8-13)11-21-22-12-20-17(5)9-14(2)10-18(20)6/h7-12H,1-6H3. The second kappa shape index (κ2) is 6.69. The van der Waals surface area contributed by atoms with Crippen LogP contribution in [0, 0.1) is 41.5 Å². The summed E-state index contributed by atoms with van der Waals surface area (Å²) in [6.45, 7) is 12.7. The molecular weight excluding hydrogens is 268 g/mol. The lowest BCUT2D eigenvalue weighted by atomic mass is 10.0. The van der Waals surface area contributed by atoms with Gasteiger partial charge in [-0.2, -0.15) is 10.2 Å². The highest BCUT2D eigenvalue weighted by Gasteiger charge is 2.02. The minimum absolute atomic E-state index is 1.15. The zero-order valence-corrected chi connectivity index (χ0v) is 14.4. The van der Waals surface area contributed by atoms with Gasteiger partial charge in [0.25, 0.3) is 0 Å². The summed E-state index contributed by atoms with van der Waals surface area (Å²) in [6.07, 6.45) is 3.69. The highest BCUT2D eigenvalue weighted by molar-refractivity contribution is 5.86. The number of nitrogens with zero attached hydrogens (tertiary/aromatic N) is 2. The Kier molecular flexibility index (Phi) is 4.92. The molecule has 0 unspecified atom stereocenters. The van der Waals surface area contributed by atoms with Gasteiger partial charge in [0.2, 0.25) is 0 Å². The van der Waals surface area contributed by atoms with Crippen LogP contribution >= 0.6 is 0 Å². The van der Waals surface area contributed by atoms with Crippen LogP contribution in [0.25, 0.3) is 0 Å². The van der Waals surface area contributed by atoms with Crippen molar-refractivity contribution in [1.29, 1.82) is 0 Å². The molecule has 2 heteroatoms. The number of rotatable bonds is 3. The van der Waals surface area contributed by atoms with Crippen LogP contribution in [0.15, 0.2) is 34.5 Å². The van der Waals surface area contributed by atoms with Crippen molar-refractivity contribution in [2.75, 3.05) is 0 Å². The highest BCUT2D eigenvalue weighted by atomic mass is 15.2. The Morgan fingerprint density at radius 1 is 0.545 bits per heavy atom. The van der Waals surface area contributed by atoms with Crippen LogP contribution in [0.1, 0.15) is 44.5 Å². The molecular formula is C20H24N2. The minimum Gasteiger partial charge on any atom is -0.158 e. The molecule has 0 heterocycles. The first-order chi connectivity index (χ1) is 10.4. The van der Waals surface area contributed by atoms with Crippen molar-refractivity contribution in [1.82, 2.24) is 0 Å². The molecule has 2 aromatic rings. The van der Waals surface area contributed by atoms with E-state index in [9.17, 15) is 0 Å². The van der Waals surface area contributed by atoms with E-state index in [4.69, 9.17) is 0 Å². The van der Waals surface area contributed by atoms with Gasteiger partial charge in [-0.25, -0.2) is 0 Å². The number of benzene rings is 2. The number of hydrogen-bond donors (Lipinski definition) is 0. The molecule has 0 aliphatic carbocycles. The van der Waals surface area contributed by atoms with E-state index in [1.807, 2.05) is 12.4 Å². The lowest BCUT2D eigenvalue weighted by molar-refractivity contribution is 1.23. The molecule has 22 heavy (non-hydrogen) atoms. The summed E-state index contributed by atoms with van der Waals surface area (Å²) in [5.74, 6) is 0. The largest absolute Gasteiger partial charge is 0.158 e. The maximum atomic E-state index is 4.24. The average Bonchev–Trinajstić information content (AvgIpc) is 2.38. The molecule has 0 aliphatic rings. The molecule has 0 aromatic heterocycles.